The lowest BCUT2D eigenvalue weighted by Crippen LogP contribution is -2.34. The number of piperidine rings is 1. The normalized spacial score (nSPS) is 16.6. The summed E-state index contributed by atoms with van der Waals surface area (Å²) in [6, 6.07) is 0. The maximum absolute atomic E-state index is 5.34. The van der Waals surface area contributed by atoms with Gasteiger partial charge in [0, 0.05) is 27.2 Å². The zero-order valence-electron chi connectivity index (χ0n) is 8.65. The Morgan fingerprint density at radius 2 is 1.71 bits per heavy atom. The van der Waals surface area contributed by atoms with E-state index in [9.17, 15) is 0 Å². The molecule has 0 radical (unpaired) electrons. The molecule has 0 aromatic rings. The monoisotopic (exact) mass is 248 g/mol. The number of thioether (sulfide) groups is 1. The molecule has 5 heteroatoms. The van der Waals surface area contributed by atoms with E-state index >= 15 is 0 Å². The number of hydrogen-bond donors (Lipinski definition) is 0. The van der Waals surface area contributed by atoms with Gasteiger partial charge in [0.25, 0.3) is 0 Å². The van der Waals surface area contributed by atoms with Crippen molar-refractivity contribution in [2.75, 3.05) is 27.2 Å². The summed E-state index contributed by atoms with van der Waals surface area (Å²) in [4.78, 5) is 4.19. The first-order chi connectivity index (χ1) is 6.61. The average molecular weight is 248 g/mol. The van der Waals surface area contributed by atoms with Crippen molar-refractivity contribution in [1.82, 2.24) is 9.80 Å². The first-order valence-corrected chi connectivity index (χ1v) is 6.42. The van der Waals surface area contributed by atoms with Gasteiger partial charge in [0.15, 0.2) is 0 Å². The van der Waals surface area contributed by atoms with E-state index in [0.29, 0.717) is 0 Å². The summed E-state index contributed by atoms with van der Waals surface area (Å²) in [6.45, 7) is 2.20. The Morgan fingerprint density at radius 1 is 1.14 bits per heavy atom. The molecule has 0 aromatic heterocycles. The minimum absolute atomic E-state index is 0.848. The van der Waals surface area contributed by atoms with Crippen molar-refractivity contribution in [1.29, 1.82) is 0 Å². The fourth-order valence-electron chi connectivity index (χ4n) is 1.31. The minimum Gasteiger partial charge on any atom is -0.363 e. The van der Waals surface area contributed by atoms with Crippen LogP contribution in [-0.4, -0.2) is 45.6 Å². The zero-order valence-corrected chi connectivity index (χ0v) is 11.1. The van der Waals surface area contributed by atoms with Crippen molar-refractivity contribution in [2.24, 2.45) is 0 Å². The van der Waals surface area contributed by atoms with Crippen LogP contribution in [0.4, 0.5) is 0 Å². The lowest BCUT2D eigenvalue weighted by atomic mass is 10.1. The van der Waals surface area contributed by atoms with Gasteiger partial charge in [0.1, 0.15) is 8.64 Å². The summed E-state index contributed by atoms with van der Waals surface area (Å²) in [6.07, 6.45) is 3.85. The summed E-state index contributed by atoms with van der Waals surface area (Å²) in [7, 11) is 3.91. The molecule has 1 saturated heterocycles. The van der Waals surface area contributed by atoms with Crippen molar-refractivity contribution >= 4 is 44.8 Å². The van der Waals surface area contributed by atoms with Gasteiger partial charge in [-0.1, -0.05) is 24.4 Å². The second-order valence-electron chi connectivity index (χ2n) is 3.58. The van der Waals surface area contributed by atoms with E-state index in [4.69, 9.17) is 24.4 Å². The van der Waals surface area contributed by atoms with Gasteiger partial charge in [0.05, 0.1) is 0 Å². The molecular formula is C9H16N2S3. The van der Waals surface area contributed by atoms with Crippen molar-refractivity contribution in [2.45, 2.75) is 19.3 Å². The highest BCUT2D eigenvalue weighted by molar-refractivity contribution is 8.37. The van der Waals surface area contributed by atoms with Crippen molar-refractivity contribution in [3.8, 4) is 0 Å². The molecule has 0 amide bonds. The predicted molar refractivity (Wildman–Crippen MR) is 71.9 cm³/mol. The molecule has 0 saturated carbocycles. The van der Waals surface area contributed by atoms with Gasteiger partial charge >= 0.3 is 0 Å². The summed E-state index contributed by atoms with van der Waals surface area (Å²) < 4.78 is 1.78. The number of hydrogen-bond acceptors (Lipinski definition) is 3. The van der Waals surface area contributed by atoms with E-state index in [-0.39, 0.29) is 0 Å². The molecule has 0 aromatic carbocycles. The van der Waals surface area contributed by atoms with E-state index in [1.807, 2.05) is 19.0 Å². The van der Waals surface area contributed by atoms with E-state index in [2.05, 4.69) is 4.90 Å². The van der Waals surface area contributed by atoms with E-state index in [1.54, 1.807) is 0 Å². The molecule has 80 valence electrons. The summed E-state index contributed by atoms with van der Waals surface area (Å²) >= 11 is 12.1. The number of likely N-dealkylation sites (tertiary alicyclic amines) is 1. The second kappa shape index (κ2) is 5.88. The Hall–Kier alpha value is 0.130. The van der Waals surface area contributed by atoms with Crippen LogP contribution in [0, 0.1) is 0 Å². The summed E-state index contributed by atoms with van der Waals surface area (Å²) in [5, 5.41) is 0. The molecule has 1 aliphatic heterocycles. The van der Waals surface area contributed by atoms with Crippen LogP contribution < -0.4 is 0 Å². The fraction of sp³-hybridized carbons (Fsp3) is 0.778. The van der Waals surface area contributed by atoms with Gasteiger partial charge in [-0.3, -0.25) is 0 Å². The summed E-state index contributed by atoms with van der Waals surface area (Å²) in [5.41, 5.74) is 0. The molecular weight excluding hydrogens is 232 g/mol. The molecule has 0 N–H and O–H groups in total. The largest absolute Gasteiger partial charge is 0.363 e. The molecule has 2 nitrogen and oxygen atoms in total. The van der Waals surface area contributed by atoms with Crippen LogP contribution in [0.3, 0.4) is 0 Å². The van der Waals surface area contributed by atoms with Gasteiger partial charge < -0.3 is 9.80 Å². The highest BCUT2D eigenvalue weighted by Gasteiger charge is 2.15. The molecule has 1 fully saturated rings. The lowest BCUT2D eigenvalue weighted by Gasteiger charge is -2.29. The van der Waals surface area contributed by atoms with Crippen LogP contribution in [0.2, 0.25) is 0 Å². The molecule has 1 heterocycles. The minimum atomic E-state index is 0.848. The average Bonchev–Trinajstić information content (AvgIpc) is 2.19. The first-order valence-electron chi connectivity index (χ1n) is 4.79. The van der Waals surface area contributed by atoms with Crippen molar-refractivity contribution in [3.63, 3.8) is 0 Å². The predicted octanol–water partition coefficient (Wildman–Crippen LogP) is 2.34. The molecule has 0 atom stereocenters. The molecule has 1 aliphatic rings. The van der Waals surface area contributed by atoms with Gasteiger partial charge in [-0.05, 0) is 31.0 Å². The number of thiocarbonyl (C=S) groups is 2. The van der Waals surface area contributed by atoms with Crippen LogP contribution in [0.25, 0.3) is 0 Å². The quantitative estimate of drug-likeness (QED) is 0.605. The van der Waals surface area contributed by atoms with Crippen LogP contribution in [-0.2, 0) is 0 Å². The van der Waals surface area contributed by atoms with Crippen LogP contribution in [0.5, 0.6) is 0 Å². The third-order valence-electron chi connectivity index (χ3n) is 2.15. The molecule has 0 aliphatic carbocycles. The molecule has 0 unspecified atom stereocenters. The molecule has 0 spiro atoms. The maximum Gasteiger partial charge on any atom is 0.143 e. The Kier molecular flexibility index (Phi) is 5.12. The number of nitrogens with zero attached hydrogens (tertiary/aromatic N) is 2. The molecule has 14 heavy (non-hydrogen) atoms. The third-order valence-corrected chi connectivity index (χ3v) is 4.25. The highest BCUT2D eigenvalue weighted by Crippen LogP contribution is 2.18. The van der Waals surface area contributed by atoms with E-state index in [1.165, 1.54) is 31.0 Å². The van der Waals surface area contributed by atoms with E-state index < -0.39 is 0 Å². The van der Waals surface area contributed by atoms with Gasteiger partial charge in [-0.2, -0.15) is 0 Å². The number of rotatable bonds is 0. The Balaban J connectivity index is 2.37. The Morgan fingerprint density at radius 3 is 2.21 bits per heavy atom. The smallest absolute Gasteiger partial charge is 0.143 e. The van der Waals surface area contributed by atoms with Crippen LogP contribution in [0.1, 0.15) is 19.3 Å². The SMILES string of the molecule is CN(C)C(=S)SC(=S)N1CCCCC1. The topological polar surface area (TPSA) is 6.48 Å². The zero-order chi connectivity index (χ0) is 10.6. The van der Waals surface area contributed by atoms with Gasteiger partial charge in [0.2, 0.25) is 0 Å². The standard InChI is InChI=1S/C9H16N2S3/c1-10(2)8(12)14-9(13)11-6-4-3-5-7-11/h3-7H2,1-2H3. The Bertz CT molecular complexity index is 222. The van der Waals surface area contributed by atoms with Crippen LogP contribution >= 0.6 is 36.2 Å². The summed E-state index contributed by atoms with van der Waals surface area (Å²) in [5.74, 6) is 0. The van der Waals surface area contributed by atoms with Gasteiger partial charge in [-0.25, -0.2) is 0 Å². The van der Waals surface area contributed by atoms with Gasteiger partial charge in [-0.15, -0.1) is 0 Å². The first kappa shape index (κ1) is 12.2. The fourth-order valence-corrected chi connectivity index (χ4v) is 2.77. The van der Waals surface area contributed by atoms with E-state index in [0.717, 1.165) is 21.7 Å². The van der Waals surface area contributed by atoms with Crippen molar-refractivity contribution < 1.29 is 0 Å². The maximum atomic E-state index is 5.34. The molecule has 1 rings (SSSR count). The third kappa shape index (κ3) is 3.71. The highest BCUT2D eigenvalue weighted by atomic mass is 32.2. The lowest BCUT2D eigenvalue weighted by molar-refractivity contribution is 0.352. The second-order valence-corrected chi connectivity index (χ2v) is 5.84. The molecule has 0 bridgehead atoms. The Labute approximate surface area is 101 Å². The van der Waals surface area contributed by atoms with Crippen LogP contribution in [0.15, 0.2) is 0 Å². The van der Waals surface area contributed by atoms with Crippen molar-refractivity contribution in [3.05, 3.63) is 0 Å².